The maximum Gasteiger partial charge on any atom is 0.326 e. The Morgan fingerprint density at radius 2 is 1.89 bits per heavy atom. The molecule has 0 fully saturated rings. The predicted octanol–water partition coefficient (Wildman–Crippen LogP) is 2.32. The quantitative estimate of drug-likeness (QED) is 0.665. The molecule has 0 atom stereocenters. The van der Waals surface area contributed by atoms with E-state index in [0.717, 1.165) is 0 Å². The van der Waals surface area contributed by atoms with E-state index in [1.807, 2.05) is 0 Å². The van der Waals surface area contributed by atoms with Crippen LogP contribution in [0.1, 0.15) is 0 Å². The summed E-state index contributed by atoms with van der Waals surface area (Å²) in [5, 5.41) is 0.520. The van der Waals surface area contributed by atoms with Crippen molar-refractivity contribution in [1.82, 2.24) is 15.0 Å². The SMILES string of the molecule is Cl.Cl.O=c1[nH]c(=O)c2sc3c(Cl)ccnc3c2[nH]1. The Balaban J connectivity index is 0.000000810. The first-order valence-corrected chi connectivity index (χ1v) is 5.55. The number of aromatic nitrogens is 3. The van der Waals surface area contributed by atoms with Gasteiger partial charge in [0, 0.05) is 6.20 Å². The number of halogens is 3. The third-order valence-electron chi connectivity index (χ3n) is 2.20. The number of H-pyrrole nitrogens is 2. The van der Waals surface area contributed by atoms with Crippen LogP contribution in [0.15, 0.2) is 21.9 Å². The van der Waals surface area contributed by atoms with Gasteiger partial charge in [0.2, 0.25) is 0 Å². The lowest BCUT2D eigenvalue weighted by atomic mass is 10.3. The van der Waals surface area contributed by atoms with Gasteiger partial charge in [-0.15, -0.1) is 36.2 Å². The van der Waals surface area contributed by atoms with Gasteiger partial charge < -0.3 is 4.98 Å². The summed E-state index contributed by atoms with van der Waals surface area (Å²) in [5.74, 6) is 0. The van der Waals surface area contributed by atoms with E-state index in [2.05, 4.69) is 15.0 Å². The Kier molecular flexibility index (Phi) is 4.39. The van der Waals surface area contributed by atoms with Gasteiger partial charge in [0.25, 0.3) is 5.56 Å². The molecule has 3 heterocycles. The summed E-state index contributed by atoms with van der Waals surface area (Å²) in [6, 6.07) is 1.64. The van der Waals surface area contributed by atoms with Gasteiger partial charge in [-0.3, -0.25) is 14.8 Å². The molecule has 0 saturated heterocycles. The smallest absolute Gasteiger partial charge is 0.304 e. The van der Waals surface area contributed by atoms with Gasteiger partial charge in [-0.2, -0.15) is 0 Å². The van der Waals surface area contributed by atoms with E-state index in [1.165, 1.54) is 17.5 Å². The molecule has 0 aliphatic carbocycles. The van der Waals surface area contributed by atoms with Crippen LogP contribution in [0.5, 0.6) is 0 Å². The maximum absolute atomic E-state index is 11.5. The van der Waals surface area contributed by atoms with Crippen molar-refractivity contribution in [1.29, 1.82) is 0 Å². The summed E-state index contributed by atoms with van der Waals surface area (Å²) in [7, 11) is 0. The molecule has 0 saturated carbocycles. The minimum atomic E-state index is -0.543. The van der Waals surface area contributed by atoms with Crippen molar-refractivity contribution in [2.75, 3.05) is 0 Å². The molecule has 18 heavy (non-hydrogen) atoms. The number of thiophene rings is 1. The van der Waals surface area contributed by atoms with Crippen molar-refractivity contribution in [3.8, 4) is 0 Å². The van der Waals surface area contributed by atoms with Gasteiger partial charge in [-0.05, 0) is 6.07 Å². The van der Waals surface area contributed by atoms with Crippen LogP contribution in [0.3, 0.4) is 0 Å². The first-order valence-electron chi connectivity index (χ1n) is 4.36. The van der Waals surface area contributed by atoms with Gasteiger partial charge >= 0.3 is 5.69 Å². The topological polar surface area (TPSA) is 78.6 Å². The Morgan fingerprint density at radius 1 is 1.17 bits per heavy atom. The van der Waals surface area contributed by atoms with E-state index in [4.69, 9.17) is 11.6 Å². The number of rotatable bonds is 0. The van der Waals surface area contributed by atoms with E-state index in [-0.39, 0.29) is 24.8 Å². The van der Waals surface area contributed by atoms with E-state index >= 15 is 0 Å². The summed E-state index contributed by atoms with van der Waals surface area (Å²) < 4.78 is 1.13. The zero-order chi connectivity index (χ0) is 11.3. The number of pyridine rings is 1. The standard InChI is InChI=1S/C9H4ClN3O2S.2ClH/c10-3-1-2-11-4-5-7(16-6(3)4)8(14)13-9(15)12-5;;/h1-2H,(H2,12,13,14,15);2*1H. The van der Waals surface area contributed by atoms with Gasteiger partial charge in [0.05, 0.1) is 15.2 Å². The first kappa shape index (κ1) is 15.0. The van der Waals surface area contributed by atoms with Crippen LogP contribution in [-0.2, 0) is 0 Å². The fraction of sp³-hybridized carbons (Fsp3) is 0. The van der Waals surface area contributed by atoms with E-state index in [9.17, 15) is 9.59 Å². The van der Waals surface area contributed by atoms with Crippen molar-refractivity contribution < 1.29 is 0 Å². The van der Waals surface area contributed by atoms with Crippen molar-refractivity contribution in [2.45, 2.75) is 0 Å². The van der Waals surface area contributed by atoms with E-state index < -0.39 is 11.2 Å². The number of fused-ring (bicyclic) bond motifs is 3. The van der Waals surface area contributed by atoms with E-state index in [0.29, 0.717) is 25.5 Å². The summed E-state index contributed by atoms with van der Waals surface area (Å²) in [5.41, 5.74) is 0.0312. The van der Waals surface area contributed by atoms with Crippen molar-refractivity contribution in [3.63, 3.8) is 0 Å². The Labute approximate surface area is 121 Å². The van der Waals surface area contributed by atoms with Crippen LogP contribution >= 0.6 is 47.8 Å². The molecule has 3 rings (SSSR count). The number of hydrogen-bond acceptors (Lipinski definition) is 4. The molecule has 0 bridgehead atoms. The van der Waals surface area contributed by atoms with Crippen molar-refractivity contribution in [3.05, 3.63) is 38.1 Å². The van der Waals surface area contributed by atoms with Crippen molar-refractivity contribution >= 4 is 68.2 Å². The lowest BCUT2D eigenvalue weighted by Crippen LogP contribution is -2.20. The van der Waals surface area contributed by atoms with Gasteiger partial charge in [0.1, 0.15) is 10.2 Å². The molecule has 0 unspecified atom stereocenters. The zero-order valence-electron chi connectivity index (χ0n) is 8.52. The Hall–Kier alpha value is -1.08. The first-order chi connectivity index (χ1) is 7.66. The fourth-order valence-electron chi connectivity index (χ4n) is 1.54. The van der Waals surface area contributed by atoms with Gasteiger partial charge in [0.15, 0.2) is 0 Å². The van der Waals surface area contributed by atoms with Crippen LogP contribution in [0.25, 0.3) is 20.4 Å². The normalized spacial score (nSPS) is 10.1. The number of nitrogens with zero attached hydrogens (tertiary/aromatic N) is 1. The highest BCUT2D eigenvalue weighted by Crippen LogP contribution is 2.32. The highest BCUT2D eigenvalue weighted by molar-refractivity contribution is 7.26. The molecule has 96 valence electrons. The average Bonchev–Trinajstić information content (AvgIpc) is 2.59. The van der Waals surface area contributed by atoms with Gasteiger partial charge in [-0.25, -0.2) is 4.79 Å². The molecule has 9 heteroatoms. The predicted molar refractivity (Wildman–Crippen MR) is 77.9 cm³/mol. The third kappa shape index (κ3) is 2.12. The summed E-state index contributed by atoms with van der Waals surface area (Å²) >= 11 is 7.20. The molecule has 2 N–H and O–H groups in total. The van der Waals surface area contributed by atoms with Crippen molar-refractivity contribution in [2.24, 2.45) is 0 Å². The number of aromatic amines is 2. The monoisotopic (exact) mass is 325 g/mol. The third-order valence-corrected chi connectivity index (χ3v) is 3.83. The lowest BCUT2D eigenvalue weighted by molar-refractivity contribution is 1.09. The number of hydrogen-bond donors (Lipinski definition) is 2. The highest BCUT2D eigenvalue weighted by atomic mass is 35.5. The minimum absolute atomic E-state index is 0. The van der Waals surface area contributed by atoms with Crippen LogP contribution in [0, 0.1) is 0 Å². The molecule has 0 radical (unpaired) electrons. The molecular formula is C9H6Cl3N3O2S. The van der Waals surface area contributed by atoms with Crippen LogP contribution in [0.4, 0.5) is 0 Å². The summed E-state index contributed by atoms with van der Waals surface area (Å²) in [6.07, 6.45) is 1.54. The minimum Gasteiger partial charge on any atom is -0.304 e. The van der Waals surface area contributed by atoms with Crippen LogP contribution in [-0.4, -0.2) is 15.0 Å². The number of nitrogens with one attached hydrogen (secondary N) is 2. The van der Waals surface area contributed by atoms with Crippen LogP contribution < -0.4 is 11.2 Å². The summed E-state index contributed by atoms with van der Waals surface area (Å²) in [6.45, 7) is 0. The maximum atomic E-state index is 11.5. The second kappa shape index (κ2) is 5.27. The zero-order valence-corrected chi connectivity index (χ0v) is 11.7. The molecule has 3 aromatic rings. The van der Waals surface area contributed by atoms with Gasteiger partial charge in [-0.1, -0.05) is 11.6 Å². The molecule has 0 aromatic carbocycles. The highest BCUT2D eigenvalue weighted by Gasteiger charge is 2.12. The molecule has 0 spiro atoms. The Morgan fingerprint density at radius 3 is 2.61 bits per heavy atom. The van der Waals surface area contributed by atoms with Crippen LogP contribution in [0.2, 0.25) is 5.02 Å². The molecule has 0 aliphatic heterocycles. The molecular weight excluding hydrogens is 321 g/mol. The second-order valence-corrected chi connectivity index (χ2v) is 4.61. The molecule has 0 amide bonds. The van der Waals surface area contributed by atoms with E-state index in [1.54, 1.807) is 6.07 Å². The summed E-state index contributed by atoms with van der Waals surface area (Å²) in [4.78, 5) is 31.5. The lowest BCUT2D eigenvalue weighted by Gasteiger charge is -1.91. The molecule has 0 aliphatic rings. The Bertz CT molecular complexity index is 823. The molecule has 3 aromatic heterocycles. The average molecular weight is 327 g/mol. The molecule has 5 nitrogen and oxygen atoms in total. The largest absolute Gasteiger partial charge is 0.326 e. The second-order valence-electron chi connectivity index (χ2n) is 3.18. The fourth-order valence-corrected chi connectivity index (χ4v) is 2.82.